The van der Waals surface area contributed by atoms with E-state index >= 15 is 0 Å². The summed E-state index contributed by atoms with van der Waals surface area (Å²) in [5.41, 5.74) is 0.949. The number of rotatable bonds is 12. The van der Waals surface area contributed by atoms with Gasteiger partial charge in [-0.1, -0.05) is 36.2 Å². The first-order valence-electron chi connectivity index (χ1n) is 12.3. The molecule has 208 valence electrons. The number of ether oxygens (including phenoxy) is 2. The maximum absolute atomic E-state index is 13.5. The molecule has 0 spiro atoms. The van der Waals surface area contributed by atoms with Gasteiger partial charge in [0, 0.05) is 47.2 Å². The Morgan fingerprint density at radius 2 is 1.74 bits per heavy atom. The molecule has 0 saturated carbocycles. The van der Waals surface area contributed by atoms with Crippen molar-refractivity contribution in [3.8, 4) is 11.5 Å². The molecule has 2 aromatic carbocycles. The van der Waals surface area contributed by atoms with Crippen LogP contribution in [0.1, 0.15) is 45.6 Å². The molecule has 3 rings (SSSR count). The highest BCUT2D eigenvalue weighted by Gasteiger charge is 2.30. The second kappa shape index (κ2) is 12.9. The van der Waals surface area contributed by atoms with Gasteiger partial charge in [-0.2, -0.15) is 0 Å². The lowest BCUT2D eigenvalue weighted by Crippen LogP contribution is -2.50. The van der Waals surface area contributed by atoms with E-state index in [1.807, 2.05) is 20.8 Å². The lowest BCUT2D eigenvalue weighted by atomic mass is 10.1. The average molecular weight is 587 g/mol. The molecular formula is C26H33Cl2N3O6S. The number of fused-ring (bicyclic) bond motifs is 1. The molecule has 0 saturated heterocycles. The van der Waals surface area contributed by atoms with Crippen LogP contribution in [0.4, 0.5) is 5.69 Å². The van der Waals surface area contributed by atoms with Crippen molar-refractivity contribution in [2.24, 2.45) is 0 Å². The van der Waals surface area contributed by atoms with E-state index in [4.69, 9.17) is 32.7 Å². The smallest absolute Gasteiger partial charge is 0.243 e. The molecule has 0 aliphatic carbocycles. The third-order valence-electron chi connectivity index (χ3n) is 6.00. The summed E-state index contributed by atoms with van der Waals surface area (Å²) in [4.78, 5) is 28.0. The minimum Gasteiger partial charge on any atom is -0.454 e. The molecule has 1 aliphatic heterocycles. The first-order valence-corrected chi connectivity index (χ1v) is 14.9. The Morgan fingerprint density at radius 1 is 1.08 bits per heavy atom. The lowest BCUT2D eigenvalue weighted by molar-refractivity contribution is -0.141. The summed E-state index contributed by atoms with van der Waals surface area (Å²) in [6, 6.07) is 9.07. The number of carbonyl (C=O) groups excluding carboxylic acids is 2. The van der Waals surface area contributed by atoms with Crippen molar-refractivity contribution in [2.75, 3.05) is 23.9 Å². The Hall–Kier alpha value is -2.69. The summed E-state index contributed by atoms with van der Waals surface area (Å²) >= 11 is 12.8. The van der Waals surface area contributed by atoms with Gasteiger partial charge in [-0.25, -0.2) is 8.42 Å². The van der Waals surface area contributed by atoms with Crippen LogP contribution in [0.3, 0.4) is 0 Å². The number of benzene rings is 2. The van der Waals surface area contributed by atoms with Gasteiger partial charge < -0.3 is 19.7 Å². The second-order valence-electron chi connectivity index (χ2n) is 9.29. The number of amides is 2. The van der Waals surface area contributed by atoms with Gasteiger partial charge in [0.15, 0.2) is 11.5 Å². The van der Waals surface area contributed by atoms with Gasteiger partial charge in [0.1, 0.15) is 6.04 Å². The van der Waals surface area contributed by atoms with E-state index in [9.17, 15) is 18.0 Å². The monoisotopic (exact) mass is 585 g/mol. The number of carbonyl (C=O) groups is 2. The van der Waals surface area contributed by atoms with Gasteiger partial charge in [0.05, 0.1) is 11.9 Å². The molecule has 0 aromatic heterocycles. The fraction of sp³-hybridized carbons (Fsp3) is 0.462. The zero-order chi connectivity index (χ0) is 28.0. The van der Waals surface area contributed by atoms with Gasteiger partial charge in [-0.05, 0) is 51.0 Å². The zero-order valence-electron chi connectivity index (χ0n) is 21.9. The van der Waals surface area contributed by atoms with Crippen molar-refractivity contribution in [1.29, 1.82) is 0 Å². The van der Waals surface area contributed by atoms with Crippen molar-refractivity contribution in [3.63, 3.8) is 0 Å². The predicted octanol–water partition coefficient (Wildman–Crippen LogP) is 4.60. The molecule has 1 aliphatic rings. The molecule has 0 bridgehead atoms. The highest BCUT2D eigenvalue weighted by molar-refractivity contribution is 7.92. The van der Waals surface area contributed by atoms with Crippen molar-refractivity contribution in [3.05, 3.63) is 52.0 Å². The zero-order valence-corrected chi connectivity index (χ0v) is 24.2. The summed E-state index contributed by atoms with van der Waals surface area (Å²) in [6.45, 7) is 5.68. The van der Waals surface area contributed by atoms with Gasteiger partial charge in [-0.3, -0.25) is 13.9 Å². The topological polar surface area (TPSA) is 105 Å². The third-order valence-corrected chi connectivity index (χ3v) is 7.91. The lowest BCUT2D eigenvalue weighted by Gasteiger charge is -2.32. The van der Waals surface area contributed by atoms with Crippen molar-refractivity contribution >= 4 is 50.7 Å². The van der Waals surface area contributed by atoms with E-state index in [1.54, 1.807) is 36.4 Å². The Morgan fingerprint density at radius 3 is 2.34 bits per heavy atom. The molecule has 0 unspecified atom stereocenters. The quantitative estimate of drug-likeness (QED) is 0.390. The highest BCUT2D eigenvalue weighted by atomic mass is 35.5. The number of hydrogen-bond acceptors (Lipinski definition) is 6. The van der Waals surface area contributed by atoms with Gasteiger partial charge in [0.25, 0.3) is 0 Å². The Bertz CT molecular complexity index is 1250. The maximum atomic E-state index is 13.5. The summed E-state index contributed by atoms with van der Waals surface area (Å²) in [6.07, 6.45) is 1.70. The largest absolute Gasteiger partial charge is 0.454 e. The van der Waals surface area contributed by atoms with E-state index in [-0.39, 0.29) is 50.6 Å². The molecule has 0 radical (unpaired) electrons. The van der Waals surface area contributed by atoms with E-state index in [1.165, 1.54) is 9.21 Å². The Balaban J connectivity index is 1.80. The molecule has 2 amide bonds. The normalized spacial score (nSPS) is 13.3. The van der Waals surface area contributed by atoms with Crippen LogP contribution in [0.5, 0.6) is 11.5 Å². The molecule has 9 nitrogen and oxygen atoms in total. The molecule has 1 N–H and O–H groups in total. The van der Waals surface area contributed by atoms with Crippen LogP contribution in [0.25, 0.3) is 0 Å². The van der Waals surface area contributed by atoms with Crippen LogP contribution in [0.15, 0.2) is 36.4 Å². The standard InChI is InChI=1S/C26H33Cl2N3O6S/c1-5-22(26(33)29-17(2)3)30(15-19-20(27)8-6-9-21(19)28)25(32)10-7-13-31(38(4,34)35)18-11-12-23-24(14-18)37-16-36-23/h6,8-9,11-12,14,17,22H,5,7,10,13,15-16H2,1-4H3,(H,29,33)/t22-/m1/s1. The number of hydrogen-bond donors (Lipinski definition) is 1. The van der Waals surface area contributed by atoms with Gasteiger partial charge in [0.2, 0.25) is 28.6 Å². The molecule has 2 aromatic rings. The van der Waals surface area contributed by atoms with Crippen LogP contribution in [0.2, 0.25) is 10.0 Å². The van der Waals surface area contributed by atoms with Crippen molar-refractivity contribution < 1.29 is 27.5 Å². The Labute approximate surface area is 234 Å². The molecular weight excluding hydrogens is 553 g/mol. The summed E-state index contributed by atoms with van der Waals surface area (Å²) in [5.74, 6) is 0.400. The van der Waals surface area contributed by atoms with Crippen molar-refractivity contribution in [2.45, 2.75) is 58.7 Å². The minimum atomic E-state index is -3.65. The van der Waals surface area contributed by atoms with Crippen LogP contribution in [0, 0.1) is 0 Å². The first-order chi connectivity index (χ1) is 17.9. The van der Waals surface area contributed by atoms with Crippen LogP contribution in [-0.2, 0) is 26.2 Å². The average Bonchev–Trinajstić information content (AvgIpc) is 3.30. The van der Waals surface area contributed by atoms with Crippen LogP contribution < -0.4 is 19.1 Å². The molecule has 12 heteroatoms. The van der Waals surface area contributed by atoms with Gasteiger partial charge in [-0.15, -0.1) is 0 Å². The van der Waals surface area contributed by atoms with E-state index < -0.39 is 16.1 Å². The van der Waals surface area contributed by atoms with Gasteiger partial charge >= 0.3 is 0 Å². The molecule has 1 heterocycles. The summed E-state index contributed by atoms with van der Waals surface area (Å²) in [5, 5.41) is 3.65. The summed E-state index contributed by atoms with van der Waals surface area (Å²) < 4.78 is 37.1. The molecule has 0 fully saturated rings. The SMILES string of the molecule is CC[C@H](C(=O)NC(C)C)N(Cc1c(Cl)cccc1Cl)C(=O)CCCN(c1ccc2c(c1)OCO2)S(C)(=O)=O. The second-order valence-corrected chi connectivity index (χ2v) is 12.0. The number of nitrogens with one attached hydrogen (secondary N) is 1. The fourth-order valence-electron chi connectivity index (χ4n) is 4.20. The summed E-state index contributed by atoms with van der Waals surface area (Å²) in [7, 11) is -3.65. The van der Waals surface area contributed by atoms with E-state index in [2.05, 4.69) is 5.32 Å². The van der Waals surface area contributed by atoms with Crippen LogP contribution >= 0.6 is 23.2 Å². The first kappa shape index (κ1) is 29.9. The number of nitrogens with zero attached hydrogens (tertiary/aromatic N) is 2. The van der Waals surface area contributed by atoms with E-state index in [0.717, 1.165) is 6.26 Å². The maximum Gasteiger partial charge on any atom is 0.243 e. The highest BCUT2D eigenvalue weighted by Crippen LogP contribution is 2.36. The number of halogens is 2. The molecule has 1 atom stereocenters. The molecule has 38 heavy (non-hydrogen) atoms. The van der Waals surface area contributed by atoms with Crippen LogP contribution in [-0.4, -0.2) is 56.8 Å². The predicted molar refractivity (Wildman–Crippen MR) is 148 cm³/mol. The number of anilines is 1. The van der Waals surface area contributed by atoms with Crippen molar-refractivity contribution in [1.82, 2.24) is 10.2 Å². The van der Waals surface area contributed by atoms with E-state index in [0.29, 0.717) is 39.2 Å². The third kappa shape index (κ3) is 7.45. The Kier molecular flexibility index (Phi) is 10.1. The number of sulfonamides is 1. The fourth-order valence-corrected chi connectivity index (χ4v) is 5.67. The minimum absolute atomic E-state index is 0.00407.